The number of amides is 1. The van der Waals surface area contributed by atoms with Crippen molar-refractivity contribution in [1.29, 1.82) is 0 Å². The number of carbonyl (C=O) groups is 2. The molecule has 1 aromatic carbocycles. The van der Waals surface area contributed by atoms with Gasteiger partial charge in [0.05, 0.1) is 13.5 Å². The van der Waals surface area contributed by atoms with Crippen molar-refractivity contribution in [3.63, 3.8) is 0 Å². The van der Waals surface area contributed by atoms with E-state index in [1.54, 1.807) is 4.90 Å². The first-order valence-corrected chi connectivity index (χ1v) is 12.1. The maximum absolute atomic E-state index is 13.3. The van der Waals surface area contributed by atoms with Crippen molar-refractivity contribution in [2.75, 3.05) is 26.7 Å². The number of sulfonamides is 1. The van der Waals surface area contributed by atoms with Gasteiger partial charge in [0.15, 0.2) is 0 Å². The van der Waals surface area contributed by atoms with E-state index in [0.717, 1.165) is 5.56 Å². The molecule has 2 heterocycles. The summed E-state index contributed by atoms with van der Waals surface area (Å²) in [6.45, 7) is 1.03. The molecule has 0 radical (unpaired) electrons. The van der Waals surface area contributed by atoms with Crippen molar-refractivity contribution in [1.82, 2.24) is 14.2 Å². The lowest BCUT2D eigenvalue weighted by Crippen LogP contribution is -2.44. The first-order chi connectivity index (χ1) is 15.3. The van der Waals surface area contributed by atoms with Gasteiger partial charge in [-0.15, -0.1) is 0 Å². The molecule has 3 rings (SSSR count). The SMILES string of the molecule is COC(=O)CCN(Cc1ccccc1)C(=O)C1CCN(S(=O)(=O)c2cccnc2Cl)CC1. The van der Waals surface area contributed by atoms with Gasteiger partial charge in [0.1, 0.15) is 10.0 Å². The molecule has 2 aromatic rings. The molecule has 8 nitrogen and oxygen atoms in total. The summed E-state index contributed by atoms with van der Waals surface area (Å²) in [6, 6.07) is 12.5. The summed E-state index contributed by atoms with van der Waals surface area (Å²) in [6.07, 6.45) is 2.31. The fourth-order valence-electron chi connectivity index (χ4n) is 3.70. The predicted molar refractivity (Wildman–Crippen MR) is 119 cm³/mol. The normalized spacial score (nSPS) is 15.3. The third-order valence-corrected chi connectivity index (χ3v) is 7.83. The number of nitrogens with zero attached hydrogens (tertiary/aromatic N) is 3. The van der Waals surface area contributed by atoms with Crippen LogP contribution in [-0.2, 0) is 30.9 Å². The maximum Gasteiger partial charge on any atom is 0.307 e. The Bertz CT molecular complexity index is 1040. The van der Waals surface area contributed by atoms with Crippen molar-refractivity contribution >= 4 is 33.5 Å². The highest BCUT2D eigenvalue weighted by Crippen LogP contribution is 2.28. The standard InChI is InChI=1S/C22H26ClN3O5S/c1-31-20(27)11-13-25(16-17-6-3-2-4-7-17)22(28)18-9-14-26(15-10-18)32(29,30)19-8-5-12-24-21(19)23/h2-8,12,18H,9-11,13-16H2,1H3. The molecular formula is C22H26ClN3O5S. The largest absolute Gasteiger partial charge is 0.469 e. The summed E-state index contributed by atoms with van der Waals surface area (Å²) < 4.78 is 31.9. The number of benzene rings is 1. The number of pyridine rings is 1. The molecule has 172 valence electrons. The first kappa shape index (κ1) is 24.2. The molecule has 0 bridgehead atoms. The molecule has 1 fully saturated rings. The van der Waals surface area contributed by atoms with E-state index < -0.39 is 10.0 Å². The second kappa shape index (κ2) is 10.9. The Morgan fingerprint density at radius 2 is 1.84 bits per heavy atom. The molecule has 1 aliphatic rings. The van der Waals surface area contributed by atoms with Crippen molar-refractivity contribution in [2.45, 2.75) is 30.7 Å². The molecule has 10 heteroatoms. The van der Waals surface area contributed by atoms with E-state index in [0.29, 0.717) is 19.4 Å². The summed E-state index contributed by atoms with van der Waals surface area (Å²) in [4.78, 5) is 30.4. The van der Waals surface area contributed by atoms with Crippen molar-refractivity contribution in [3.05, 3.63) is 59.4 Å². The zero-order valence-corrected chi connectivity index (χ0v) is 19.4. The van der Waals surface area contributed by atoms with Crippen LogP contribution < -0.4 is 0 Å². The van der Waals surface area contributed by atoms with Gasteiger partial charge in [-0.2, -0.15) is 4.31 Å². The van der Waals surface area contributed by atoms with Gasteiger partial charge in [0, 0.05) is 38.3 Å². The number of rotatable bonds is 8. The molecule has 0 N–H and O–H groups in total. The van der Waals surface area contributed by atoms with E-state index in [2.05, 4.69) is 4.98 Å². The highest BCUT2D eigenvalue weighted by atomic mass is 35.5. The number of piperidine rings is 1. The minimum atomic E-state index is -3.78. The van der Waals surface area contributed by atoms with E-state index in [1.807, 2.05) is 30.3 Å². The van der Waals surface area contributed by atoms with Crippen molar-refractivity contribution < 1.29 is 22.7 Å². The summed E-state index contributed by atoms with van der Waals surface area (Å²) in [5, 5.41) is -0.0671. The van der Waals surface area contributed by atoms with Crippen LogP contribution in [0.4, 0.5) is 0 Å². The third kappa shape index (κ3) is 5.85. The molecule has 0 aliphatic carbocycles. The number of carbonyl (C=O) groups excluding carboxylic acids is 2. The smallest absolute Gasteiger partial charge is 0.307 e. The average molecular weight is 480 g/mol. The first-order valence-electron chi connectivity index (χ1n) is 10.3. The second-order valence-electron chi connectivity index (χ2n) is 7.54. The van der Waals surface area contributed by atoms with Crippen LogP contribution in [0.15, 0.2) is 53.6 Å². The lowest BCUT2D eigenvalue weighted by atomic mass is 9.96. The monoisotopic (exact) mass is 479 g/mol. The summed E-state index contributed by atoms with van der Waals surface area (Å²) >= 11 is 5.98. The lowest BCUT2D eigenvalue weighted by molar-refractivity contribution is -0.143. The lowest BCUT2D eigenvalue weighted by Gasteiger charge is -2.33. The minimum absolute atomic E-state index is 0.0322. The maximum atomic E-state index is 13.3. The van der Waals surface area contributed by atoms with Gasteiger partial charge < -0.3 is 9.64 Å². The highest BCUT2D eigenvalue weighted by molar-refractivity contribution is 7.89. The van der Waals surface area contributed by atoms with Gasteiger partial charge in [0.2, 0.25) is 15.9 Å². The number of aromatic nitrogens is 1. The Morgan fingerprint density at radius 3 is 2.47 bits per heavy atom. The molecule has 0 unspecified atom stereocenters. The van der Waals surface area contributed by atoms with Crippen molar-refractivity contribution in [3.8, 4) is 0 Å². The van der Waals surface area contributed by atoms with Crippen LogP contribution >= 0.6 is 11.6 Å². The molecule has 32 heavy (non-hydrogen) atoms. The van der Waals surface area contributed by atoms with E-state index in [4.69, 9.17) is 16.3 Å². The van der Waals surface area contributed by atoms with E-state index >= 15 is 0 Å². The molecule has 1 saturated heterocycles. The summed E-state index contributed by atoms with van der Waals surface area (Å²) in [5.74, 6) is -0.800. The molecule has 0 saturated carbocycles. The molecule has 1 aromatic heterocycles. The number of esters is 1. The predicted octanol–water partition coefficient (Wildman–Crippen LogP) is 2.73. The topological polar surface area (TPSA) is 96.9 Å². The summed E-state index contributed by atoms with van der Waals surface area (Å²) in [5.41, 5.74) is 0.956. The molecule has 0 atom stereocenters. The molecule has 1 amide bonds. The van der Waals surface area contributed by atoms with Crippen molar-refractivity contribution in [2.24, 2.45) is 5.92 Å². The Balaban J connectivity index is 1.68. The van der Waals surface area contributed by atoms with Crippen LogP contribution in [0.5, 0.6) is 0 Å². The molecule has 1 aliphatic heterocycles. The molecular weight excluding hydrogens is 454 g/mol. The Kier molecular flexibility index (Phi) is 8.22. The summed E-state index contributed by atoms with van der Waals surface area (Å²) in [7, 11) is -2.47. The Morgan fingerprint density at radius 1 is 1.16 bits per heavy atom. The van der Waals surface area contributed by atoms with Gasteiger partial charge in [0.25, 0.3) is 0 Å². The van der Waals surface area contributed by atoms with Crippen LogP contribution in [0, 0.1) is 5.92 Å². The number of methoxy groups -OCH3 is 1. The number of hydrogen-bond donors (Lipinski definition) is 0. The zero-order valence-electron chi connectivity index (χ0n) is 17.8. The quantitative estimate of drug-likeness (QED) is 0.426. The van der Waals surface area contributed by atoms with Crippen LogP contribution in [0.1, 0.15) is 24.8 Å². The van der Waals surface area contributed by atoms with E-state index in [-0.39, 0.29) is 53.9 Å². The third-order valence-electron chi connectivity index (χ3n) is 5.49. The van der Waals surface area contributed by atoms with E-state index in [1.165, 1.54) is 29.7 Å². The second-order valence-corrected chi connectivity index (χ2v) is 9.81. The average Bonchev–Trinajstić information content (AvgIpc) is 2.82. The Hall–Kier alpha value is -2.49. The van der Waals surface area contributed by atoms with Crippen LogP contribution in [0.3, 0.4) is 0 Å². The minimum Gasteiger partial charge on any atom is -0.469 e. The fourth-order valence-corrected chi connectivity index (χ4v) is 5.60. The van der Waals surface area contributed by atoms with Gasteiger partial charge in [-0.3, -0.25) is 9.59 Å². The van der Waals surface area contributed by atoms with Gasteiger partial charge in [-0.05, 0) is 30.5 Å². The fraction of sp³-hybridized carbons (Fsp3) is 0.409. The number of hydrogen-bond acceptors (Lipinski definition) is 6. The van der Waals surface area contributed by atoms with Gasteiger partial charge in [-0.1, -0.05) is 41.9 Å². The Labute approximate surface area is 193 Å². The molecule has 0 spiro atoms. The van der Waals surface area contributed by atoms with Crippen LogP contribution in [-0.4, -0.2) is 61.2 Å². The number of ether oxygens (including phenoxy) is 1. The highest BCUT2D eigenvalue weighted by Gasteiger charge is 2.35. The van der Waals surface area contributed by atoms with Crippen LogP contribution in [0.25, 0.3) is 0 Å². The van der Waals surface area contributed by atoms with Gasteiger partial charge in [-0.25, -0.2) is 13.4 Å². The zero-order chi connectivity index (χ0) is 23.1. The number of halogens is 1. The van der Waals surface area contributed by atoms with E-state index in [9.17, 15) is 18.0 Å². The van der Waals surface area contributed by atoms with Gasteiger partial charge >= 0.3 is 5.97 Å². The van der Waals surface area contributed by atoms with Crippen LogP contribution in [0.2, 0.25) is 5.15 Å².